The molecule has 0 aromatic heterocycles. The molecular formula is C20H40Cl2N4. The monoisotopic (exact) mass is 406 g/mol. The predicted octanol–water partition coefficient (Wildman–Crippen LogP) is 3.38. The second-order valence-corrected chi connectivity index (χ2v) is 11.0. The van der Waals surface area contributed by atoms with Crippen LogP contribution in [-0.2, 0) is 0 Å². The summed E-state index contributed by atoms with van der Waals surface area (Å²) < 4.78 is -0.840. The zero-order chi connectivity index (χ0) is 19.9. The van der Waals surface area contributed by atoms with Gasteiger partial charge in [0.25, 0.3) is 0 Å². The zero-order valence-corrected chi connectivity index (χ0v) is 19.7. The van der Waals surface area contributed by atoms with Crippen molar-refractivity contribution in [3.8, 4) is 0 Å². The maximum absolute atomic E-state index is 7.05. The minimum Gasteiger partial charge on any atom is -0.300 e. The molecule has 0 saturated carbocycles. The molecule has 26 heavy (non-hydrogen) atoms. The number of likely N-dealkylation sites (N-methyl/N-ethyl adjacent to an activating group) is 2. The molecule has 154 valence electrons. The van der Waals surface area contributed by atoms with Crippen LogP contribution in [0.1, 0.15) is 48.0 Å². The molecule has 2 saturated heterocycles. The topological polar surface area (TPSA) is 13.0 Å². The summed E-state index contributed by atoms with van der Waals surface area (Å²) in [6.07, 6.45) is 1.18. The van der Waals surface area contributed by atoms with Crippen molar-refractivity contribution in [1.29, 1.82) is 0 Å². The van der Waals surface area contributed by atoms with Crippen LogP contribution in [-0.4, -0.2) is 100 Å². The number of hydrogen-bond donors (Lipinski definition) is 0. The first-order chi connectivity index (χ1) is 11.8. The van der Waals surface area contributed by atoms with Gasteiger partial charge >= 0.3 is 0 Å². The van der Waals surface area contributed by atoms with Crippen LogP contribution in [0, 0.1) is 0 Å². The van der Waals surface area contributed by atoms with Crippen molar-refractivity contribution in [2.24, 2.45) is 0 Å². The third-order valence-electron chi connectivity index (χ3n) is 7.35. The van der Waals surface area contributed by atoms with Crippen molar-refractivity contribution < 1.29 is 0 Å². The summed E-state index contributed by atoms with van der Waals surface area (Å²) >= 11 is 14.1. The molecule has 2 rings (SSSR count). The highest BCUT2D eigenvalue weighted by atomic mass is 35.5. The SMILES string of the molecule is CC1CC(C)(C)N(C)CCN2CCN1CCN(C)C(C)C(Cl)(Cl)C2(C)C. The highest BCUT2D eigenvalue weighted by Crippen LogP contribution is 2.43. The summed E-state index contributed by atoms with van der Waals surface area (Å²) in [5.41, 5.74) is -0.145. The smallest absolute Gasteiger partial charge is 0.151 e. The average molecular weight is 407 g/mol. The average Bonchev–Trinajstić information content (AvgIpc) is 2.53. The number of hydrogen-bond acceptors (Lipinski definition) is 4. The predicted molar refractivity (Wildman–Crippen MR) is 115 cm³/mol. The molecule has 0 aromatic carbocycles. The van der Waals surface area contributed by atoms with Crippen LogP contribution >= 0.6 is 23.2 Å². The maximum atomic E-state index is 7.05. The van der Waals surface area contributed by atoms with E-state index < -0.39 is 4.33 Å². The molecule has 0 spiro atoms. The lowest BCUT2D eigenvalue weighted by Crippen LogP contribution is -2.66. The van der Waals surface area contributed by atoms with Crippen molar-refractivity contribution in [3.05, 3.63) is 0 Å². The van der Waals surface area contributed by atoms with E-state index >= 15 is 0 Å². The van der Waals surface area contributed by atoms with Crippen LogP contribution in [0.5, 0.6) is 0 Å². The van der Waals surface area contributed by atoms with Gasteiger partial charge in [-0.15, -0.1) is 0 Å². The fourth-order valence-corrected chi connectivity index (χ4v) is 5.10. The third-order valence-corrected chi connectivity index (χ3v) is 8.90. The largest absolute Gasteiger partial charge is 0.300 e. The Morgan fingerprint density at radius 1 is 0.808 bits per heavy atom. The molecule has 0 aromatic rings. The molecule has 0 N–H and O–H groups in total. The number of nitrogens with zero attached hydrogens (tertiary/aromatic N) is 4. The molecule has 2 bridgehead atoms. The first kappa shape index (κ1) is 22.7. The van der Waals surface area contributed by atoms with Gasteiger partial charge in [0.1, 0.15) is 0 Å². The molecule has 4 unspecified atom stereocenters. The molecule has 2 fully saturated rings. The van der Waals surface area contributed by atoms with Crippen LogP contribution < -0.4 is 0 Å². The lowest BCUT2D eigenvalue weighted by atomic mass is 9.89. The maximum Gasteiger partial charge on any atom is 0.151 e. The van der Waals surface area contributed by atoms with Gasteiger partial charge in [-0.25, -0.2) is 0 Å². The normalized spacial score (nSPS) is 39.5. The van der Waals surface area contributed by atoms with Gasteiger partial charge in [0.15, 0.2) is 4.33 Å². The van der Waals surface area contributed by atoms with Gasteiger partial charge in [-0.3, -0.25) is 19.6 Å². The van der Waals surface area contributed by atoms with Gasteiger partial charge in [0.05, 0.1) is 0 Å². The van der Waals surface area contributed by atoms with Crippen molar-refractivity contribution in [3.63, 3.8) is 0 Å². The summed E-state index contributed by atoms with van der Waals surface area (Å²) in [6, 6.07) is 0.631. The molecule has 4 atom stereocenters. The summed E-state index contributed by atoms with van der Waals surface area (Å²) in [6.45, 7) is 19.8. The van der Waals surface area contributed by atoms with Gasteiger partial charge in [0, 0.05) is 62.4 Å². The van der Waals surface area contributed by atoms with E-state index in [0.717, 1.165) is 39.3 Å². The van der Waals surface area contributed by atoms with E-state index in [-0.39, 0.29) is 17.1 Å². The van der Waals surface area contributed by atoms with Crippen molar-refractivity contribution in [2.45, 2.75) is 75.5 Å². The summed E-state index contributed by atoms with van der Waals surface area (Å²) in [5.74, 6) is 0. The van der Waals surface area contributed by atoms with E-state index in [9.17, 15) is 0 Å². The summed E-state index contributed by atoms with van der Waals surface area (Å²) in [5, 5.41) is 0. The first-order valence-corrected chi connectivity index (χ1v) is 10.8. The lowest BCUT2D eigenvalue weighted by molar-refractivity contribution is 0.00152. The zero-order valence-electron chi connectivity index (χ0n) is 18.1. The van der Waals surface area contributed by atoms with E-state index in [1.165, 1.54) is 6.42 Å². The summed E-state index contributed by atoms with van der Waals surface area (Å²) in [7, 11) is 4.40. The van der Waals surface area contributed by atoms with Crippen LogP contribution in [0.4, 0.5) is 0 Å². The number of alkyl halides is 2. The van der Waals surface area contributed by atoms with E-state index in [4.69, 9.17) is 23.2 Å². The first-order valence-electron chi connectivity index (χ1n) is 10.1. The minimum atomic E-state index is -0.840. The van der Waals surface area contributed by atoms with Gasteiger partial charge in [-0.05, 0) is 62.1 Å². The molecule has 4 nitrogen and oxygen atoms in total. The van der Waals surface area contributed by atoms with Crippen LogP contribution in [0.25, 0.3) is 0 Å². The fourth-order valence-electron chi connectivity index (χ4n) is 4.53. The molecule has 0 amide bonds. The van der Waals surface area contributed by atoms with E-state index in [1.54, 1.807) is 0 Å². The second kappa shape index (κ2) is 8.04. The lowest BCUT2D eigenvalue weighted by Gasteiger charge is -2.53. The van der Waals surface area contributed by atoms with E-state index in [0.29, 0.717) is 6.04 Å². The van der Waals surface area contributed by atoms with Crippen LogP contribution in [0.2, 0.25) is 0 Å². The highest BCUT2D eigenvalue weighted by molar-refractivity contribution is 6.50. The Kier molecular flexibility index (Phi) is 7.02. The quantitative estimate of drug-likeness (QED) is 0.571. The fraction of sp³-hybridized carbons (Fsp3) is 1.00. The van der Waals surface area contributed by atoms with Crippen molar-refractivity contribution >= 4 is 23.2 Å². The molecule has 2 aliphatic heterocycles. The Morgan fingerprint density at radius 2 is 1.35 bits per heavy atom. The van der Waals surface area contributed by atoms with Crippen LogP contribution in [0.15, 0.2) is 0 Å². The van der Waals surface area contributed by atoms with Crippen LogP contribution in [0.3, 0.4) is 0 Å². The number of fused-ring (bicyclic) bond motifs is 3. The minimum absolute atomic E-state index is 0.0794. The van der Waals surface area contributed by atoms with Gasteiger partial charge in [0.2, 0.25) is 0 Å². The molecule has 6 heteroatoms. The third kappa shape index (κ3) is 4.36. The van der Waals surface area contributed by atoms with Gasteiger partial charge in [-0.2, -0.15) is 0 Å². The van der Waals surface area contributed by atoms with Gasteiger partial charge < -0.3 is 0 Å². The van der Waals surface area contributed by atoms with E-state index in [1.807, 2.05) is 0 Å². The Morgan fingerprint density at radius 3 is 1.96 bits per heavy atom. The molecule has 0 radical (unpaired) electrons. The number of halogens is 2. The summed E-state index contributed by atoms with van der Waals surface area (Å²) in [4.78, 5) is 10.00. The van der Waals surface area contributed by atoms with Crippen molar-refractivity contribution in [2.75, 3.05) is 53.4 Å². The Bertz CT molecular complexity index is 478. The second-order valence-electron chi connectivity index (χ2n) is 9.65. The Balaban J connectivity index is 2.43. The Hall–Kier alpha value is 0.420. The molecular weight excluding hydrogens is 367 g/mol. The highest BCUT2D eigenvalue weighted by Gasteiger charge is 2.51. The standard InChI is InChI=1S/C20H40Cl2N4/c1-16-15-18(3,4)24(8)10-13-26-14-12-25(16)11-9-23(7)17(2)20(21,22)19(26,5)6/h16-17H,9-15H2,1-8H3. The van der Waals surface area contributed by atoms with E-state index in [2.05, 4.69) is 75.2 Å². The Labute approximate surface area is 171 Å². The molecule has 0 aliphatic carbocycles. The molecule has 2 heterocycles. The molecule has 2 aliphatic rings. The van der Waals surface area contributed by atoms with Gasteiger partial charge in [-0.1, -0.05) is 23.2 Å². The van der Waals surface area contributed by atoms with Crippen molar-refractivity contribution in [1.82, 2.24) is 19.6 Å². The number of rotatable bonds is 0.